The molecule has 3 amide bonds. The molecule has 12 heteroatoms. The minimum absolute atomic E-state index is 0.130. The lowest BCUT2D eigenvalue weighted by atomic mass is 10.0. The van der Waals surface area contributed by atoms with E-state index in [1.54, 1.807) is 4.90 Å². The van der Waals surface area contributed by atoms with Gasteiger partial charge >= 0.3 is 18.0 Å². The molecule has 4 unspecified atom stereocenters. The smallest absolute Gasteiger partial charge is 0.328 e. The van der Waals surface area contributed by atoms with Crippen molar-refractivity contribution in [3.8, 4) is 0 Å². The minimum Gasteiger partial charge on any atom is -0.480 e. The zero-order valence-corrected chi connectivity index (χ0v) is 29.9. The zero-order chi connectivity index (χ0) is 36.2. The van der Waals surface area contributed by atoms with Gasteiger partial charge in [-0.15, -0.1) is 0 Å². The average molecular weight is 727 g/mol. The standard InChI is InChI=1S/C39H42N4O6S2/c1-40(22-29-14-6-2-7-15-29)33(35(37(45)46)41(28-44)23-30-16-8-3-9-17-30)26-50-51-27-34-36(38(47)48)43(25-32-20-12-5-13-21-32)39(49)42(34)24-31-18-10-4-11-19-31/h2-21,28,33-36H,22-27H2,1H3,(H,45,46)(H,47,48). The highest BCUT2D eigenvalue weighted by atomic mass is 33.1. The number of amides is 3. The van der Waals surface area contributed by atoms with Crippen molar-refractivity contribution in [3.05, 3.63) is 144 Å². The van der Waals surface area contributed by atoms with Gasteiger partial charge in [-0.1, -0.05) is 143 Å². The number of nitrogens with zero attached hydrogens (tertiary/aromatic N) is 4. The van der Waals surface area contributed by atoms with Crippen LogP contribution in [-0.2, 0) is 40.6 Å². The summed E-state index contributed by atoms with van der Waals surface area (Å²) in [6.07, 6.45) is 0.595. The molecule has 0 aliphatic carbocycles. The third-order valence-electron chi connectivity index (χ3n) is 8.96. The first-order chi connectivity index (χ1) is 24.8. The SMILES string of the molecule is CN(Cc1ccccc1)C(CSSCC1C(C(=O)O)N(Cc2ccccc2)C(=O)N1Cc1ccccc1)C(C(=O)O)N(C=O)Cc1ccccc1. The Kier molecular flexibility index (Phi) is 13.6. The molecule has 0 spiro atoms. The molecular formula is C39H42N4O6S2. The molecule has 1 fully saturated rings. The van der Waals surface area contributed by atoms with E-state index in [1.807, 2.05) is 133 Å². The van der Waals surface area contributed by atoms with E-state index >= 15 is 0 Å². The summed E-state index contributed by atoms with van der Waals surface area (Å²) in [5.41, 5.74) is 3.53. The second kappa shape index (κ2) is 18.5. The Morgan fingerprint density at radius 3 is 1.67 bits per heavy atom. The number of carbonyl (C=O) groups is 4. The number of urea groups is 1. The van der Waals surface area contributed by atoms with Gasteiger partial charge in [-0.2, -0.15) is 0 Å². The van der Waals surface area contributed by atoms with Crippen LogP contribution >= 0.6 is 21.6 Å². The number of carboxylic acid groups (broad SMARTS) is 2. The molecule has 0 aromatic heterocycles. The Balaban J connectivity index is 1.37. The summed E-state index contributed by atoms with van der Waals surface area (Å²) in [7, 11) is 4.67. The fraction of sp³-hybridized carbons (Fsp3) is 0.282. The van der Waals surface area contributed by atoms with Crippen molar-refractivity contribution >= 4 is 46.0 Å². The fourth-order valence-corrected chi connectivity index (χ4v) is 9.08. The van der Waals surface area contributed by atoms with Gasteiger partial charge in [-0.3, -0.25) is 9.69 Å². The summed E-state index contributed by atoms with van der Waals surface area (Å²) in [6.45, 7) is 0.995. The predicted octanol–water partition coefficient (Wildman–Crippen LogP) is 5.94. The second-order valence-electron chi connectivity index (χ2n) is 12.4. The maximum Gasteiger partial charge on any atom is 0.328 e. The lowest BCUT2D eigenvalue weighted by Gasteiger charge is -2.37. The third kappa shape index (κ3) is 9.93. The van der Waals surface area contributed by atoms with Crippen LogP contribution in [0.1, 0.15) is 22.3 Å². The van der Waals surface area contributed by atoms with Crippen molar-refractivity contribution < 1.29 is 29.4 Å². The highest BCUT2D eigenvalue weighted by Crippen LogP contribution is 2.34. The topological polar surface area (TPSA) is 122 Å². The van der Waals surface area contributed by atoms with Crippen LogP contribution in [0.5, 0.6) is 0 Å². The van der Waals surface area contributed by atoms with Gasteiger partial charge in [-0.25, -0.2) is 14.4 Å². The van der Waals surface area contributed by atoms with E-state index in [0.717, 1.165) is 22.3 Å². The van der Waals surface area contributed by atoms with E-state index in [9.17, 15) is 29.4 Å². The summed E-state index contributed by atoms with van der Waals surface area (Å²) in [6, 6.07) is 33.9. The normalized spacial score (nSPS) is 16.9. The fourth-order valence-electron chi connectivity index (χ4n) is 6.40. The van der Waals surface area contributed by atoms with E-state index in [-0.39, 0.29) is 25.7 Å². The molecule has 10 nitrogen and oxygen atoms in total. The van der Waals surface area contributed by atoms with Crippen LogP contribution in [0.15, 0.2) is 121 Å². The highest BCUT2D eigenvalue weighted by Gasteiger charge is 2.49. The molecule has 51 heavy (non-hydrogen) atoms. The predicted molar refractivity (Wildman–Crippen MR) is 201 cm³/mol. The molecule has 266 valence electrons. The number of carboxylic acids is 2. The first-order valence-electron chi connectivity index (χ1n) is 16.6. The highest BCUT2D eigenvalue weighted by molar-refractivity contribution is 8.76. The largest absolute Gasteiger partial charge is 0.480 e. The average Bonchev–Trinajstić information content (AvgIpc) is 3.39. The van der Waals surface area contributed by atoms with Crippen molar-refractivity contribution in [2.24, 2.45) is 0 Å². The van der Waals surface area contributed by atoms with Crippen molar-refractivity contribution in [1.29, 1.82) is 0 Å². The van der Waals surface area contributed by atoms with Gasteiger partial charge in [0.2, 0.25) is 6.41 Å². The quantitative estimate of drug-likeness (QED) is 0.0687. The van der Waals surface area contributed by atoms with Crippen LogP contribution in [0.3, 0.4) is 0 Å². The lowest BCUT2D eigenvalue weighted by molar-refractivity contribution is -0.149. The van der Waals surface area contributed by atoms with Crippen LogP contribution in [0.4, 0.5) is 4.79 Å². The van der Waals surface area contributed by atoms with Gasteiger partial charge in [0.05, 0.1) is 12.1 Å². The lowest BCUT2D eigenvalue weighted by Crippen LogP contribution is -2.55. The van der Waals surface area contributed by atoms with Gasteiger partial charge in [-0.05, 0) is 29.3 Å². The van der Waals surface area contributed by atoms with Crippen LogP contribution in [0.2, 0.25) is 0 Å². The Morgan fingerprint density at radius 2 is 1.20 bits per heavy atom. The summed E-state index contributed by atoms with van der Waals surface area (Å²) in [5, 5.41) is 21.0. The van der Waals surface area contributed by atoms with Crippen molar-refractivity contribution in [2.75, 3.05) is 18.6 Å². The summed E-state index contributed by atoms with van der Waals surface area (Å²) in [4.78, 5) is 58.5. The maximum absolute atomic E-state index is 13.9. The molecule has 0 bridgehead atoms. The molecule has 4 aromatic rings. The number of hydrogen-bond acceptors (Lipinski definition) is 7. The minimum atomic E-state index is -1.17. The third-order valence-corrected chi connectivity index (χ3v) is 11.4. The van der Waals surface area contributed by atoms with Crippen LogP contribution in [-0.4, -0.2) is 96.9 Å². The molecule has 1 heterocycles. The maximum atomic E-state index is 13.9. The molecule has 0 radical (unpaired) electrons. The number of carbonyl (C=O) groups excluding carboxylic acids is 2. The van der Waals surface area contributed by atoms with E-state index < -0.39 is 36.1 Å². The van der Waals surface area contributed by atoms with Gasteiger partial charge in [0.1, 0.15) is 6.04 Å². The molecule has 4 atom stereocenters. The Labute approximate surface area is 306 Å². The second-order valence-corrected chi connectivity index (χ2v) is 15.0. The summed E-state index contributed by atoms with van der Waals surface area (Å²) in [5.74, 6) is -1.60. The zero-order valence-electron chi connectivity index (χ0n) is 28.3. The van der Waals surface area contributed by atoms with Crippen molar-refractivity contribution in [2.45, 2.75) is 50.3 Å². The van der Waals surface area contributed by atoms with Crippen LogP contribution in [0, 0.1) is 0 Å². The summed E-state index contributed by atoms with van der Waals surface area (Å²) < 4.78 is 0. The number of aliphatic carboxylic acids is 2. The molecule has 2 N–H and O–H groups in total. The molecule has 5 rings (SSSR count). The van der Waals surface area contributed by atoms with Crippen molar-refractivity contribution in [1.82, 2.24) is 19.6 Å². The van der Waals surface area contributed by atoms with Gasteiger partial charge in [0, 0.05) is 37.7 Å². The molecule has 1 aliphatic heterocycles. The Hall–Kier alpha value is -4.78. The van der Waals surface area contributed by atoms with Gasteiger partial charge < -0.3 is 24.9 Å². The van der Waals surface area contributed by atoms with E-state index in [4.69, 9.17) is 0 Å². The Bertz CT molecular complexity index is 1720. The van der Waals surface area contributed by atoms with Crippen LogP contribution in [0.25, 0.3) is 0 Å². The van der Waals surface area contributed by atoms with E-state index in [2.05, 4.69) is 0 Å². The molecule has 1 aliphatic rings. The molecule has 4 aromatic carbocycles. The van der Waals surface area contributed by atoms with E-state index in [0.29, 0.717) is 24.5 Å². The first-order valence-corrected chi connectivity index (χ1v) is 19.1. The number of rotatable bonds is 19. The number of hydrogen-bond donors (Lipinski definition) is 2. The molecule has 0 saturated carbocycles. The summed E-state index contributed by atoms with van der Waals surface area (Å²) >= 11 is 0. The number of likely N-dealkylation sites (N-methyl/N-ethyl adjacent to an activating group) is 1. The van der Waals surface area contributed by atoms with Gasteiger partial charge in [0.25, 0.3) is 0 Å². The molecular weight excluding hydrogens is 685 g/mol. The van der Waals surface area contributed by atoms with E-state index in [1.165, 1.54) is 31.4 Å². The monoisotopic (exact) mass is 726 g/mol. The molecule has 1 saturated heterocycles. The number of benzene rings is 4. The Morgan fingerprint density at radius 1 is 0.725 bits per heavy atom. The van der Waals surface area contributed by atoms with Gasteiger partial charge in [0.15, 0.2) is 6.04 Å². The first kappa shape index (κ1) is 37.5. The van der Waals surface area contributed by atoms with Crippen molar-refractivity contribution in [3.63, 3.8) is 0 Å². The van der Waals surface area contributed by atoms with Crippen LogP contribution < -0.4 is 0 Å².